The number of nitrogens with one attached hydrogen (secondary N) is 1. The van der Waals surface area contributed by atoms with Crippen LogP contribution < -0.4 is 5.32 Å². The summed E-state index contributed by atoms with van der Waals surface area (Å²) >= 11 is 7.37. The quantitative estimate of drug-likeness (QED) is 0.855. The maximum atomic E-state index is 12.1. The Morgan fingerprint density at radius 3 is 2.92 bits per heavy atom. The summed E-state index contributed by atoms with van der Waals surface area (Å²) in [5, 5.41) is 4.17. The van der Waals surface area contributed by atoms with E-state index in [9.17, 15) is 13.2 Å². The second-order valence-corrected chi connectivity index (χ2v) is 9.49. The van der Waals surface area contributed by atoms with Gasteiger partial charge >= 0.3 is 0 Å². The number of amides is 1. The zero-order valence-electron chi connectivity index (χ0n) is 13.3. The Morgan fingerprint density at radius 2 is 2.21 bits per heavy atom. The molecule has 2 heterocycles. The van der Waals surface area contributed by atoms with Crippen molar-refractivity contribution in [2.45, 2.75) is 19.0 Å². The standard InChI is InChI=1S/C15H18ClN3O3S2/c1-9-10(16)4-3-5-11(9)17-14(20)6-23-15-18-12-7-24(21,22)8-13(12)19(15)2/h3-5,12-13H,6-8H2,1-2H3,(H,17,20). The van der Waals surface area contributed by atoms with Crippen LogP contribution in [0.5, 0.6) is 0 Å². The molecule has 1 aromatic carbocycles. The molecule has 0 saturated carbocycles. The first kappa shape index (κ1) is 17.6. The van der Waals surface area contributed by atoms with E-state index in [1.54, 1.807) is 18.2 Å². The predicted octanol–water partition coefficient (Wildman–Crippen LogP) is 1.79. The van der Waals surface area contributed by atoms with Crippen molar-refractivity contribution >= 4 is 50.0 Å². The number of likely N-dealkylation sites (N-methyl/N-ethyl adjacent to an activating group) is 1. The Bertz CT molecular complexity index is 810. The lowest BCUT2D eigenvalue weighted by molar-refractivity contribution is -0.113. The summed E-state index contributed by atoms with van der Waals surface area (Å²) in [5.74, 6) is 0.294. The van der Waals surface area contributed by atoms with Crippen molar-refractivity contribution in [3.05, 3.63) is 28.8 Å². The molecule has 2 unspecified atom stereocenters. The molecule has 0 aromatic heterocycles. The number of carbonyl (C=O) groups is 1. The monoisotopic (exact) mass is 387 g/mol. The fourth-order valence-electron chi connectivity index (χ4n) is 2.88. The lowest BCUT2D eigenvalue weighted by Crippen LogP contribution is -2.35. The second-order valence-electron chi connectivity index (χ2n) is 5.98. The Kier molecular flexibility index (Phi) is 4.81. The van der Waals surface area contributed by atoms with Crippen LogP contribution in [0, 0.1) is 6.92 Å². The number of benzene rings is 1. The number of fused-ring (bicyclic) bond motifs is 1. The molecule has 1 amide bonds. The molecule has 0 aliphatic carbocycles. The maximum absolute atomic E-state index is 12.1. The summed E-state index contributed by atoms with van der Waals surface area (Å²) in [7, 11) is -1.16. The molecule has 130 valence electrons. The van der Waals surface area contributed by atoms with E-state index in [0.717, 1.165) is 10.7 Å². The Morgan fingerprint density at radius 1 is 1.46 bits per heavy atom. The van der Waals surface area contributed by atoms with Gasteiger partial charge in [0.15, 0.2) is 15.0 Å². The SMILES string of the molecule is Cc1c(Cl)cccc1NC(=O)CSC1=NC2CS(=O)(=O)CC2N1C. The molecule has 0 radical (unpaired) electrons. The molecular formula is C15H18ClN3O3S2. The first-order valence-corrected chi connectivity index (χ1v) is 10.6. The van der Waals surface area contributed by atoms with Gasteiger partial charge in [-0.3, -0.25) is 9.79 Å². The van der Waals surface area contributed by atoms with Crippen LogP contribution in [-0.2, 0) is 14.6 Å². The molecule has 1 N–H and O–H groups in total. The third-order valence-corrected chi connectivity index (χ3v) is 7.41. The van der Waals surface area contributed by atoms with Crippen molar-refractivity contribution in [3.8, 4) is 0 Å². The van der Waals surface area contributed by atoms with Crippen LogP contribution in [0.15, 0.2) is 23.2 Å². The molecule has 1 aromatic rings. The summed E-state index contributed by atoms with van der Waals surface area (Å²) in [6.45, 7) is 1.85. The van der Waals surface area contributed by atoms with Gasteiger partial charge in [-0.1, -0.05) is 29.4 Å². The maximum Gasteiger partial charge on any atom is 0.234 e. The molecule has 1 fully saturated rings. The molecule has 6 nitrogen and oxygen atoms in total. The topological polar surface area (TPSA) is 78.8 Å². The second kappa shape index (κ2) is 6.57. The van der Waals surface area contributed by atoms with Gasteiger partial charge in [0.2, 0.25) is 5.91 Å². The summed E-state index contributed by atoms with van der Waals surface area (Å²) < 4.78 is 23.3. The minimum Gasteiger partial charge on any atom is -0.348 e. The van der Waals surface area contributed by atoms with Crippen LogP contribution in [0.3, 0.4) is 0 Å². The van der Waals surface area contributed by atoms with Gasteiger partial charge in [0.25, 0.3) is 0 Å². The van der Waals surface area contributed by atoms with Gasteiger partial charge in [-0.15, -0.1) is 0 Å². The number of nitrogens with zero attached hydrogens (tertiary/aromatic N) is 2. The third kappa shape index (κ3) is 3.55. The molecule has 2 atom stereocenters. The van der Waals surface area contributed by atoms with E-state index in [1.807, 2.05) is 18.9 Å². The number of anilines is 1. The highest BCUT2D eigenvalue weighted by Crippen LogP contribution is 2.30. The van der Waals surface area contributed by atoms with Gasteiger partial charge in [-0.25, -0.2) is 8.42 Å². The number of hydrogen-bond acceptors (Lipinski definition) is 6. The normalized spacial score (nSPS) is 24.6. The summed E-state index contributed by atoms with van der Waals surface area (Å²) in [4.78, 5) is 18.5. The first-order chi connectivity index (χ1) is 11.3. The lowest BCUT2D eigenvalue weighted by Gasteiger charge is -2.20. The van der Waals surface area contributed by atoms with E-state index in [4.69, 9.17) is 11.6 Å². The number of carbonyl (C=O) groups excluding carboxylic acids is 1. The fraction of sp³-hybridized carbons (Fsp3) is 0.467. The number of amidine groups is 1. The van der Waals surface area contributed by atoms with Gasteiger partial charge in [0, 0.05) is 17.8 Å². The Hall–Kier alpha value is -1.25. The van der Waals surface area contributed by atoms with E-state index in [-0.39, 0.29) is 35.2 Å². The molecule has 0 spiro atoms. The third-order valence-electron chi connectivity index (χ3n) is 4.24. The number of aliphatic imine (C=N–C) groups is 1. The average Bonchev–Trinajstić information content (AvgIpc) is 2.95. The number of thioether (sulfide) groups is 1. The summed E-state index contributed by atoms with van der Waals surface area (Å²) in [6.07, 6.45) is 0. The van der Waals surface area contributed by atoms with E-state index in [0.29, 0.717) is 10.7 Å². The van der Waals surface area contributed by atoms with Gasteiger partial charge in [-0.2, -0.15) is 0 Å². The van der Waals surface area contributed by atoms with Crippen molar-refractivity contribution in [2.24, 2.45) is 4.99 Å². The van der Waals surface area contributed by atoms with Crippen LogP contribution in [0.4, 0.5) is 5.69 Å². The van der Waals surface area contributed by atoms with Gasteiger partial charge < -0.3 is 10.2 Å². The Balaban J connectivity index is 1.58. The molecule has 24 heavy (non-hydrogen) atoms. The molecule has 1 saturated heterocycles. The van der Waals surface area contributed by atoms with E-state index < -0.39 is 9.84 Å². The van der Waals surface area contributed by atoms with E-state index in [1.165, 1.54) is 11.8 Å². The van der Waals surface area contributed by atoms with Crippen LogP contribution in [-0.4, -0.2) is 60.8 Å². The highest BCUT2D eigenvalue weighted by atomic mass is 35.5. The highest BCUT2D eigenvalue weighted by molar-refractivity contribution is 8.14. The number of halogens is 1. The smallest absolute Gasteiger partial charge is 0.234 e. The van der Waals surface area contributed by atoms with E-state index in [2.05, 4.69) is 10.3 Å². The highest BCUT2D eigenvalue weighted by Gasteiger charge is 2.45. The molecule has 0 bridgehead atoms. The van der Waals surface area contributed by atoms with Gasteiger partial charge in [-0.05, 0) is 24.6 Å². The van der Waals surface area contributed by atoms with Crippen LogP contribution in [0.25, 0.3) is 0 Å². The minimum atomic E-state index is -2.99. The molecular weight excluding hydrogens is 370 g/mol. The van der Waals surface area contributed by atoms with Crippen molar-refractivity contribution in [1.29, 1.82) is 0 Å². The number of hydrogen-bond donors (Lipinski definition) is 1. The van der Waals surface area contributed by atoms with Crippen molar-refractivity contribution < 1.29 is 13.2 Å². The van der Waals surface area contributed by atoms with Crippen LogP contribution in [0.2, 0.25) is 5.02 Å². The predicted molar refractivity (Wildman–Crippen MR) is 98.7 cm³/mol. The summed E-state index contributed by atoms with van der Waals surface area (Å²) in [6, 6.07) is 5.06. The minimum absolute atomic E-state index is 0.0972. The van der Waals surface area contributed by atoms with Gasteiger partial charge in [0.1, 0.15) is 0 Å². The first-order valence-electron chi connectivity index (χ1n) is 7.45. The number of sulfone groups is 1. The van der Waals surface area contributed by atoms with Crippen molar-refractivity contribution in [1.82, 2.24) is 4.90 Å². The average molecular weight is 388 g/mol. The Labute approximate surface area is 150 Å². The zero-order valence-corrected chi connectivity index (χ0v) is 15.7. The largest absolute Gasteiger partial charge is 0.348 e. The fourth-order valence-corrected chi connectivity index (χ4v) is 5.85. The van der Waals surface area contributed by atoms with E-state index >= 15 is 0 Å². The van der Waals surface area contributed by atoms with Gasteiger partial charge in [0.05, 0.1) is 29.3 Å². The molecule has 2 aliphatic heterocycles. The van der Waals surface area contributed by atoms with Crippen molar-refractivity contribution in [3.63, 3.8) is 0 Å². The number of rotatable bonds is 3. The van der Waals surface area contributed by atoms with Crippen LogP contribution >= 0.6 is 23.4 Å². The lowest BCUT2D eigenvalue weighted by atomic mass is 10.2. The molecule has 2 aliphatic rings. The zero-order chi connectivity index (χ0) is 17.5. The van der Waals surface area contributed by atoms with Crippen LogP contribution in [0.1, 0.15) is 5.56 Å². The molecule has 9 heteroatoms. The molecule has 3 rings (SSSR count). The van der Waals surface area contributed by atoms with Crippen molar-refractivity contribution in [2.75, 3.05) is 29.6 Å². The summed E-state index contributed by atoms with van der Waals surface area (Å²) in [5.41, 5.74) is 1.52.